The Morgan fingerprint density at radius 2 is 2.17 bits per heavy atom. The Labute approximate surface area is 147 Å². The van der Waals surface area contributed by atoms with Crippen LogP contribution in [0, 0.1) is 5.82 Å². The third-order valence-electron chi connectivity index (χ3n) is 3.00. The topological polar surface area (TPSA) is 75.6 Å². The molecule has 3 rings (SSSR count). The lowest BCUT2D eigenvalue weighted by atomic mass is 10.2. The molecule has 118 valence electrons. The van der Waals surface area contributed by atoms with Crippen molar-refractivity contribution in [2.45, 2.75) is 6.54 Å². The quantitative estimate of drug-likeness (QED) is 0.648. The Balaban J connectivity index is 1.70. The Kier molecular flexibility index (Phi) is 4.58. The maximum absolute atomic E-state index is 13.2. The molecule has 2 N–H and O–H groups in total. The van der Waals surface area contributed by atoms with Crippen LogP contribution in [0.1, 0.15) is 16.1 Å². The van der Waals surface area contributed by atoms with Gasteiger partial charge in [-0.05, 0) is 49.6 Å². The van der Waals surface area contributed by atoms with Crippen molar-refractivity contribution in [2.24, 2.45) is 0 Å². The molecule has 23 heavy (non-hydrogen) atoms. The molecule has 0 aliphatic carbocycles. The number of hydrogen-bond donors (Lipinski definition) is 2. The first kappa shape index (κ1) is 15.9. The summed E-state index contributed by atoms with van der Waals surface area (Å²) in [5.74, 6) is -0.301. The van der Waals surface area contributed by atoms with Gasteiger partial charge in [-0.15, -0.1) is 0 Å². The van der Waals surface area contributed by atoms with Crippen molar-refractivity contribution < 1.29 is 9.18 Å². The van der Waals surface area contributed by atoms with Gasteiger partial charge in [0.1, 0.15) is 10.4 Å². The van der Waals surface area contributed by atoms with Crippen LogP contribution in [-0.4, -0.2) is 25.9 Å². The highest BCUT2D eigenvalue weighted by atomic mass is 79.9. The van der Waals surface area contributed by atoms with Gasteiger partial charge in [0, 0.05) is 12.3 Å². The highest BCUT2D eigenvalue weighted by molar-refractivity contribution is 9.13. The first-order valence-corrected chi connectivity index (χ1v) is 8.10. The number of carbonyl (C=O) groups excluding carboxylic acids is 1. The van der Waals surface area contributed by atoms with Gasteiger partial charge >= 0.3 is 0 Å². The lowest BCUT2D eigenvalue weighted by Crippen LogP contribution is -2.14. The second-order valence-electron chi connectivity index (χ2n) is 4.68. The Morgan fingerprint density at radius 3 is 2.87 bits per heavy atom. The van der Waals surface area contributed by atoms with Gasteiger partial charge in [0.05, 0.1) is 11.0 Å². The lowest BCUT2D eigenvalue weighted by molar-refractivity contribution is 0.102. The Morgan fingerprint density at radius 1 is 1.35 bits per heavy atom. The highest BCUT2D eigenvalue weighted by Crippen LogP contribution is 2.24. The van der Waals surface area contributed by atoms with Gasteiger partial charge in [0.2, 0.25) is 0 Å². The van der Waals surface area contributed by atoms with E-state index in [0.29, 0.717) is 21.4 Å². The van der Waals surface area contributed by atoms with Crippen LogP contribution < -0.4 is 5.32 Å². The zero-order valence-electron chi connectivity index (χ0n) is 11.6. The summed E-state index contributed by atoms with van der Waals surface area (Å²) in [4.78, 5) is 12.1. The van der Waals surface area contributed by atoms with Gasteiger partial charge in [0.25, 0.3) is 5.91 Å². The summed E-state index contributed by atoms with van der Waals surface area (Å²) in [6, 6.07) is 7.94. The number of hydrogen-bond acceptors (Lipinski definition) is 3. The van der Waals surface area contributed by atoms with Gasteiger partial charge in [-0.3, -0.25) is 14.6 Å². The largest absolute Gasteiger partial charge is 0.304 e. The summed E-state index contributed by atoms with van der Waals surface area (Å²) in [6.07, 6.45) is 1.70. The molecule has 0 radical (unpaired) electrons. The van der Waals surface area contributed by atoms with Crippen LogP contribution in [-0.2, 0) is 6.54 Å². The number of benzene rings is 1. The van der Waals surface area contributed by atoms with Crippen molar-refractivity contribution in [3.63, 3.8) is 0 Å². The molecule has 0 spiro atoms. The summed E-state index contributed by atoms with van der Waals surface area (Å²) in [6.45, 7) is 0.408. The fraction of sp³-hybridized carbons (Fsp3) is 0.0714. The fourth-order valence-corrected chi connectivity index (χ4v) is 2.61. The molecule has 6 nitrogen and oxygen atoms in total. The van der Waals surface area contributed by atoms with Gasteiger partial charge in [-0.2, -0.15) is 10.2 Å². The van der Waals surface area contributed by atoms with Crippen LogP contribution in [0.4, 0.5) is 10.2 Å². The van der Waals surface area contributed by atoms with Gasteiger partial charge in [0.15, 0.2) is 11.5 Å². The third kappa shape index (κ3) is 3.67. The molecule has 0 atom stereocenters. The number of anilines is 1. The normalized spacial score (nSPS) is 10.7. The van der Waals surface area contributed by atoms with E-state index in [9.17, 15) is 9.18 Å². The minimum Gasteiger partial charge on any atom is -0.304 e. The van der Waals surface area contributed by atoms with Gasteiger partial charge < -0.3 is 5.32 Å². The highest BCUT2D eigenvalue weighted by Gasteiger charge is 2.17. The number of halogens is 3. The number of aromatic nitrogens is 4. The van der Waals surface area contributed by atoms with Crippen molar-refractivity contribution >= 4 is 43.6 Å². The van der Waals surface area contributed by atoms with E-state index in [1.54, 1.807) is 29.1 Å². The number of nitrogens with zero attached hydrogens (tertiary/aromatic N) is 3. The molecule has 0 saturated carbocycles. The molecule has 1 aromatic carbocycles. The molecule has 0 fully saturated rings. The van der Waals surface area contributed by atoms with Crippen LogP contribution >= 0.6 is 31.9 Å². The summed E-state index contributed by atoms with van der Waals surface area (Å²) in [5, 5.41) is 13.4. The van der Waals surface area contributed by atoms with E-state index in [-0.39, 0.29) is 11.5 Å². The number of carbonyl (C=O) groups is 1. The molecule has 1 amide bonds. The van der Waals surface area contributed by atoms with Crippen molar-refractivity contribution in [1.29, 1.82) is 0 Å². The van der Waals surface area contributed by atoms with Crippen molar-refractivity contribution in [1.82, 2.24) is 20.0 Å². The first-order chi connectivity index (χ1) is 11.0. The minimum absolute atomic E-state index is 0.219. The molecule has 0 unspecified atom stereocenters. The number of H-pyrrole nitrogens is 1. The predicted octanol–water partition coefficient (Wildman–Crippen LogP) is 3.57. The molecule has 2 aromatic heterocycles. The summed E-state index contributed by atoms with van der Waals surface area (Å²) < 4.78 is 15.9. The van der Waals surface area contributed by atoms with E-state index in [0.717, 1.165) is 5.56 Å². The second-order valence-corrected chi connectivity index (χ2v) is 6.27. The number of amides is 1. The van der Waals surface area contributed by atoms with E-state index < -0.39 is 5.91 Å². The van der Waals surface area contributed by atoms with Crippen LogP contribution in [0.15, 0.2) is 45.6 Å². The standard InChI is InChI=1S/C14H10Br2FN5O/c15-11-12(19-20-13(11)16)14(23)18-10-4-5-22(21-10)7-8-2-1-3-9(17)6-8/h1-6H,7H2,(H,19,20)(H,18,21,23). The molecular weight excluding hydrogens is 433 g/mol. The van der Waals surface area contributed by atoms with Crippen LogP contribution in [0.2, 0.25) is 0 Å². The fourth-order valence-electron chi connectivity index (χ4n) is 1.97. The smallest absolute Gasteiger partial charge is 0.278 e. The Bertz CT molecular complexity index is 860. The van der Waals surface area contributed by atoms with E-state index in [1.165, 1.54) is 12.1 Å². The van der Waals surface area contributed by atoms with Crippen LogP contribution in [0.5, 0.6) is 0 Å². The molecule has 9 heteroatoms. The lowest BCUT2D eigenvalue weighted by Gasteiger charge is -2.02. The van der Waals surface area contributed by atoms with Crippen molar-refractivity contribution in [3.05, 3.63) is 62.7 Å². The molecular formula is C14H10Br2FN5O. The number of rotatable bonds is 4. The van der Waals surface area contributed by atoms with Gasteiger partial charge in [-0.1, -0.05) is 12.1 Å². The average Bonchev–Trinajstić information content (AvgIpc) is 3.07. The van der Waals surface area contributed by atoms with Gasteiger partial charge in [-0.25, -0.2) is 4.39 Å². The van der Waals surface area contributed by atoms with E-state index >= 15 is 0 Å². The second kappa shape index (κ2) is 6.63. The SMILES string of the molecule is O=C(Nc1ccn(Cc2cccc(F)c2)n1)c1n[nH]c(Br)c1Br. The molecule has 0 aliphatic rings. The maximum Gasteiger partial charge on any atom is 0.278 e. The van der Waals surface area contributed by atoms with E-state index in [4.69, 9.17) is 0 Å². The molecule has 2 heterocycles. The maximum atomic E-state index is 13.2. The predicted molar refractivity (Wildman–Crippen MR) is 89.7 cm³/mol. The average molecular weight is 443 g/mol. The minimum atomic E-state index is -0.394. The summed E-state index contributed by atoms with van der Waals surface area (Å²) in [7, 11) is 0. The number of nitrogens with one attached hydrogen (secondary N) is 2. The molecule has 0 saturated heterocycles. The molecule has 3 aromatic rings. The van der Waals surface area contributed by atoms with Crippen molar-refractivity contribution in [3.8, 4) is 0 Å². The van der Waals surface area contributed by atoms with Crippen LogP contribution in [0.25, 0.3) is 0 Å². The summed E-state index contributed by atoms with van der Waals surface area (Å²) >= 11 is 6.48. The van der Waals surface area contributed by atoms with E-state index in [1.807, 2.05) is 0 Å². The Hall–Kier alpha value is -2.00. The molecule has 0 aliphatic heterocycles. The van der Waals surface area contributed by atoms with E-state index in [2.05, 4.69) is 52.5 Å². The first-order valence-electron chi connectivity index (χ1n) is 6.51. The summed E-state index contributed by atoms with van der Waals surface area (Å²) in [5.41, 5.74) is 1.00. The molecule has 0 bridgehead atoms. The number of aromatic amines is 1. The zero-order chi connectivity index (χ0) is 16.4. The van der Waals surface area contributed by atoms with Crippen molar-refractivity contribution in [2.75, 3.05) is 5.32 Å². The monoisotopic (exact) mass is 441 g/mol. The third-order valence-corrected chi connectivity index (χ3v) is 4.88. The van der Waals surface area contributed by atoms with Crippen LogP contribution in [0.3, 0.4) is 0 Å². The zero-order valence-corrected chi connectivity index (χ0v) is 14.7.